The predicted molar refractivity (Wildman–Crippen MR) is 122 cm³/mol. The maximum absolute atomic E-state index is 11.6. The first kappa shape index (κ1) is 25.4. The summed E-state index contributed by atoms with van der Waals surface area (Å²) in [5.41, 5.74) is 5.22. The number of carbonyl (C=O) groups excluding carboxylic acids is 2. The van der Waals surface area contributed by atoms with E-state index in [0.717, 1.165) is 59.6 Å². The van der Waals surface area contributed by atoms with E-state index >= 15 is 0 Å². The van der Waals surface area contributed by atoms with Gasteiger partial charge in [-0.25, -0.2) is 0 Å². The van der Waals surface area contributed by atoms with Crippen LogP contribution >= 0.6 is 37.2 Å². The zero-order chi connectivity index (χ0) is 20.1. The fraction of sp³-hybridized carbons (Fsp3) is 0.333. The molecule has 0 saturated heterocycles. The van der Waals surface area contributed by atoms with Gasteiger partial charge in [-0.1, -0.05) is 18.2 Å². The summed E-state index contributed by atoms with van der Waals surface area (Å²) in [6.07, 6.45) is 3.38. The Morgan fingerprint density at radius 1 is 0.931 bits per heavy atom. The van der Waals surface area contributed by atoms with Gasteiger partial charge >= 0.3 is 50.5 Å². The summed E-state index contributed by atoms with van der Waals surface area (Å²) in [6, 6.07) is 9.66. The third-order valence-corrected chi connectivity index (χ3v) is 4.99. The SMILES string of the molecule is CC(=O)c1cccc2c1CCO2.I[I-]I.O=C1CCc2ccc3c(c21)CCO3.[V]. The van der Waals surface area contributed by atoms with E-state index < -0.39 is 0 Å². The zero-order valence-corrected chi connectivity index (χ0v) is 23.7. The number of benzene rings is 2. The first-order chi connectivity index (χ1) is 13.6. The summed E-state index contributed by atoms with van der Waals surface area (Å²) in [5, 5.41) is 0. The van der Waals surface area contributed by atoms with Crippen LogP contribution in [0.15, 0.2) is 30.3 Å². The van der Waals surface area contributed by atoms with Crippen molar-refractivity contribution in [2.24, 2.45) is 0 Å². The van der Waals surface area contributed by atoms with Gasteiger partial charge in [0.15, 0.2) is 11.6 Å². The summed E-state index contributed by atoms with van der Waals surface area (Å²) < 4.78 is 10.8. The molecule has 1 aliphatic carbocycles. The summed E-state index contributed by atoms with van der Waals surface area (Å²) in [4.78, 5) is 22.7. The number of ether oxygens (including phenoxy) is 2. The molecule has 0 unspecified atom stereocenters. The van der Waals surface area contributed by atoms with Gasteiger partial charge in [-0.05, 0) is 31.0 Å². The fourth-order valence-corrected chi connectivity index (χ4v) is 3.80. The van der Waals surface area contributed by atoms with Gasteiger partial charge in [0.25, 0.3) is 0 Å². The Bertz CT molecular complexity index is 902. The summed E-state index contributed by atoms with van der Waals surface area (Å²) in [6.45, 7) is 3.03. The Morgan fingerprint density at radius 2 is 1.55 bits per heavy atom. The molecule has 0 aromatic heterocycles. The van der Waals surface area contributed by atoms with Crippen molar-refractivity contribution in [2.75, 3.05) is 13.2 Å². The van der Waals surface area contributed by atoms with Gasteiger partial charge in [0, 0.05) is 60.1 Å². The molecule has 0 fully saturated rings. The van der Waals surface area contributed by atoms with Gasteiger partial charge in [0.05, 0.1) is 13.2 Å². The second kappa shape index (κ2) is 12.3. The van der Waals surface area contributed by atoms with E-state index in [4.69, 9.17) is 9.47 Å². The molecule has 2 aromatic rings. The quantitative estimate of drug-likeness (QED) is 0.331. The number of Topliss-reactive ketones (excluding diaryl/α,β-unsaturated/α-hetero) is 2. The molecule has 0 bridgehead atoms. The first-order valence-corrected chi connectivity index (χ1v) is 21.6. The van der Waals surface area contributed by atoms with Gasteiger partial charge in [0.1, 0.15) is 11.5 Å². The number of aryl methyl sites for hydroxylation is 1. The average Bonchev–Trinajstić information content (AvgIpc) is 3.41. The van der Waals surface area contributed by atoms with E-state index in [9.17, 15) is 9.59 Å². The van der Waals surface area contributed by atoms with E-state index in [1.54, 1.807) is 6.92 Å². The molecule has 0 atom stereocenters. The van der Waals surface area contributed by atoms with E-state index in [1.807, 2.05) is 30.3 Å². The molecule has 155 valence electrons. The Morgan fingerprint density at radius 3 is 2.21 bits per heavy atom. The molecule has 1 radical (unpaired) electrons. The Labute approximate surface area is 212 Å². The molecule has 0 amide bonds. The van der Waals surface area contributed by atoms with Crippen LogP contribution in [0, 0.1) is 0 Å². The fourth-order valence-electron chi connectivity index (χ4n) is 3.80. The monoisotopic (exact) mass is 768 g/mol. The molecular formula is C21H20I3O4V-. The third-order valence-electron chi connectivity index (χ3n) is 4.99. The second-order valence-corrected chi connectivity index (χ2v) is 22.8. The molecule has 0 spiro atoms. The van der Waals surface area contributed by atoms with Crippen LogP contribution in [-0.4, -0.2) is 24.8 Å². The molecular weight excluding hydrogens is 748 g/mol. The molecule has 2 aliphatic heterocycles. The van der Waals surface area contributed by atoms with Gasteiger partial charge in [0.2, 0.25) is 0 Å². The summed E-state index contributed by atoms with van der Waals surface area (Å²) >= 11 is 5.30. The Hall–Kier alpha value is 0.154. The Balaban J connectivity index is 0.000000178. The average molecular weight is 768 g/mol. The molecule has 2 heterocycles. The number of fused-ring (bicyclic) bond motifs is 4. The molecule has 4 nitrogen and oxygen atoms in total. The number of rotatable bonds is 1. The van der Waals surface area contributed by atoms with Gasteiger partial charge in [-0.15, -0.1) is 0 Å². The second-order valence-electron chi connectivity index (χ2n) is 6.59. The van der Waals surface area contributed by atoms with Crippen molar-refractivity contribution in [3.8, 4) is 11.5 Å². The maximum atomic E-state index is 11.6. The summed E-state index contributed by atoms with van der Waals surface area (Å²) in [7, 11) is 0. The van der Waals surface area contributed by atoms with Crippen molar-refractivity contribution in [3.05, 3.63) is 58.1 Å². The molecule has 2 aromatic carbocycles. The van der Waals surface area contributed by atoms with E-state index in [-0.39, 0.29) is 24.3 Å². The molecule has 29 heavy (non-hydrogen) atoms. The van der Waals surface area contributed by atoms with Crippen LogP contribution in [0.5, 0.6) is 11.5 Å². The van der Waals surface area contributed by atoms with Gasteiger partial charge in [-0.2, -0.15) is 0 Å². The smallest absolute Gasteiger partial charge is 0.163 e. The minimum Gasteiger partial charge on any atom is -0.493 e. The summed E-state index contributed by atoms with van der Waals surface area (Å²) in [5.74, 6) is 2.23. The normalized spacial score (nSPS) is 14.7. The number of carbonyl (C=O) groups is 2. The zero-order valence-electron chi connectivity index (χ0n) is 15.8. The van der Waals surface area contributed by atoms with Crippen LogP contribution < -0.4 is 22.7 Å². The largest absolute Gasteiger partial charge is 0.493 e. The van der Waals surface area contributed by atoms with Gasteiger partial charge < -0.3 is 9.47 Å². The van der Waals surface area contributed by atoms with E-state index in [0.29, 0.717) is 32.1 Å². The van der Waals surface area contributed by atoms with Crippen molar-refractivity contribution >= 4 is 48.8 Å². The van der Waals surface area contributed by atoms with Crippen molar-refractivity contribution in [1.82, 2.24) is 0 Å². The van der Waals surface area contributed by atoms with Crippen molar-refractivity contribution < 1.29 is 50.9 Å². The van der Waals surface area contributed by atoms with Crippen LogP contribution in [0.3, 0.4) is 0 Å². The van der Waals surface area contributed by atoms with Crippen molar-refractivity contribution in [3.63, 3.8) is 0 Å². The van der Waals surface area contributed by atoms with Crippen LogP contribution in [0.25, 0.3) is 0 Å². The predicted octanol–water partition coefficient (Wildman–Crippen LogP) is 2.35. The van der Waals surface area contributed by atoms with Crippen LogP contribution in [0.4, 0.5) is 0 Å². The van der Waals surface area contributed by atoms with Crippen LogP contribution in [0.2, 0.25) is 0 Å². The minimum atomic E-state index is 0. The van der Waals surface area contributed by atoms with Crippen molar-refractivity contribution in [2.45, 2.75) is 32.6 Å². The first-order valence-electron chi connectivity index (χ1n) is 9.00. The third kappa shape index (κ3) is 6.11. The number of ketones is 2. The maximum Gasteiger partial charge on any atom is 0.163 e. The number of hydrogen-bond acceptors (Lipinski definition) is 4. The standard InChI is InChI=1S/C11H10O2.C10H10O2.I3.V/c12-9-3-1-7-2-4-10-8(11(7)9)5-6-13-10;1-7(11)8-3-2-4-10-9(8)5-6-12-10;1-3-2;/h2,4H,1,3,5-6H2;2-4H,5-6H2,1H3;;/q;;-1;. The van der Waals surface area contributed by atoms with Gasteiger partial charge in [-0.3, -0.25) is 9.59 Å². The molecule has 3 aliphatic rings. The number of hydrogen-bond donors (Lipinski definition) is 0. The van der Waals surface area contributed by atoms with Crippen LogP contribution in [0.1, 0.15) is 50.8 Å². The topological polar surface area (TPSA) is 52.6 Å². The van der Waals surface area contributed by atoms with E-state index in [1.165, 1.54) is 5.56 Å². The molecule has 5 rings (SSSR count). The van der Waals surface area contributed by atoms with Crippen LogP contribution in [-0.2, 0) is 37.8 Å². The van der Waals surface area contributed by atoms with E-state index in [2.05, 4.69) is 37.2 Å². The molecule has 0 N–H and O–H groups in total. The Kier molecular flexibility index (Phi) is 10.7. The number of halogens is 3. The molecule has 0 saturated carbocycles. The van der Waals surface area contributed by atoms with Crippen molar-refractivity contribution in [1.29, 1.82) is 0 Å². The molecule has 8 heteroatoms. The minimum absolute atomic E-state index is 0.